The zero-order chi connectivity index (χ0) is 14.0. The van der Waals surface area contributed by atoms with Crippen molar-refractivity contribution in [3.05, 3.63) is 52.3 Å². The van der Waals surface area contributed by atoms with Crippen molar-refractivity contribution in [1.29, 1.82) is 0 Å². The van der Waals surface area contributed by atoms with Crippen molar-refractivity contribution in [2.75, 3.05) is 0 Å². The Morgan fingerprint density at radius 3 is 2.68 bits per heavy atom. The van der Waals surface area contributed by atoms with Gasteiger partial charge in [0, 0.05) is 18.3 Å². The van der Waals surface area contributed by atoms with E-state index in [0.717, 1.165) is 34.5 Å². The van der Waals surface area contributed by atoms with Gasteiger partial charge in [-0.15, -0.1) is 0 Å². The van der Waals surface area contributed by atoms with Crippen LogP contribution in [0.25, 0.3) is 0 Å². The van der Waals surface area contributed by atoms with Gasteiger partial charge in [0.1, 0.15) is 0 Å². The molecule has 1 aromatic heterocycles. The molecule has 0 N–H and O–H groups in total. The minimum absolute atomic E-state index is 0.159. The first kappa shape index (κ1) is 13.5. The Morgan fingerprint density at radius 1 is 1.32 bits per heavy atom. The van der Waals surface area contributed by atoms with Crippen LogP contribution < -0.4 is 0 Å². The van der Waals surface area contributed by atoms with E-state index in [-0.39, 0.29) is 5.78 Å². The standard InChI is InChI=1S/C16H20N2O/c1-5-13-9-14(18(4)17-13)10-16(19)15-8-6-7-11(2)12(15)3/h6-9H,5,10H2,1-4H3. The highest BCUT2D eigenvalue weighted by atomic mass is 16.1. The highest BCUT2D eigenvalue weighted by Gasteiger charge is 2.13. The van der Waals surface area contributed by atoms with Gasteiger partial charge in [0.2, 0.25) is 0 Å². The molecule has 0 aliphatic carbocycles. The van der Waals surface area contributed by atoms with Gasteiger partial charge in [-0.2, -0.15) is 5.10 Å². The Bertz CT molecular complexity index is 611. The Balaban J connectivity index is 2.25. The van der Waals surface area contributed by atoms with E-state index in [0.29, 0.717) is 6.42 Å². The lowest BCUT2D eigenvalue weighted by atomic mass is 9.98. The average Bonchev–Trinajstić information content (AvgIpc) is 2.73. The molecule has 0 aliphatic rings. The predicted octanol–water partition coefficient (Wildman–Crippen LogP) is 3.02. The summed E-state index contributed by atoms with van der Waals surface area (Å²) in [5.74, 6) is 0.159. The highest BCUT2D eigenvalue weighted by molar-refractivity contribution is 5.98. The molecule has 0 amide bonds. The first-order valence-electron chi connectivity index (χ1n) is 6.64. The lowest BCUT2D eigenvalue weighted by molar-refractivity contribution is 0.0990. The van der Waals surface area contributed by atoms with E-state index in [1.807, 2.05) is 49.8 Å². The molecule has 19 heavy (non-hydrogen) atoms. The molecule has 0 saturated carbocycles. The monoisotopic (exact) mass is 256 g/mol. The molecule has 1 heterocycles. The first-order chi connectivity index (χ1) is 9.02. The molecule has 100 valence electrons. The molecule has 2 aromatic rings. The van der Waals surface area contributed by atoms with Crippen LogP contribution in [0.15, 0.2) is 24.3 Å². The number of ketones is 1. The smallest absolute Gasteiger partial charge is 0.169 e. The number of carbonyl (C=O) groups excluding carboxylic acids is 1. The lowest BCUT2D eigenvalue weighted by Crippen LogP contribution is -2.09. The van der Waals surface area contributed by atoms with E-state index in [9.17, 15) is 4.79 Å². The van der Waals surface area contributed by atoms with Crippen LogP contribution in [0.1, 0.15) is 39.8 Å². The van der Waals surface area contributed by atoms with E-state index < -0.39 is 0 Å². The fourth-order valence-corrected chi connectivity index (χ4v) is 2.22. The molecule has 1 aromatic carbocycles. The van der Waals surface area contributed by atoms with E-state index in [1.54, 1.807) is 0 Å². The van der Waals surface area contributed by atoms with Crippen molar-refractivity contribution in [3.63, 3.8) is 0 Å². The minimum atomic E-state index is 0.159. The molecule has 0 bridgehead atoms. The van der Waals surface area contributed by atoms with Crippen molar-refractivity contribution in [1.82, 2.24) is 9.78 Å². The van der Waals surface area contributed by atoms with Gasteiger partial charge in [0.05, 0.1) is 12.1 Å². The predicted molar refractivity (Wildman–Crippen MR) is 76.5 cm³/mol. The summed E-state index contributed by atoms with van der Waals surface area (Å²) in [6.07, 6.45) is 1.30. The SMILES string of the molecule is CCc1cc(CC(=O)c2cccc(C)c2C)n(C)n1. The third kappa shape index (κ3) is 2.75. The summed E-state index contributed by atoms with van der Waals surface area (Å²) in [6, 6.07) is 7.90. The largest absolute Gasteiger partial charge is 0.294 e. The number of hydrogen-bond acceptors (Lipinski definition) is 2. The number of rotatable bonds is 4. The Hall–Kier alpha value is -1.90. The molecule has 0 unspecified atom stereocenters. The summed E-state index contributed by atoms with van der Waals surface area (Å²) in [5.41, 5.74) is 5.06. The van der Waals surface area contributed by atoms with Crippen LogP contribution >= 0.6 is 0 Å². The zero-order valence-electron chi connectivity index (χ0n) is 12.0. The number of carbonyl (C=O) groups is 1. The molecule has 0 spiro atoms. The fourth-order valence-electron chi connectivity index (χ4n) is 2.22. The molecule has 2 rings (SSSR count). The van der Waals surface area contributed by atoms with Crippen LogP contribution in [0, 0.1) is 13.8 Å². The summed E-state index contributed by atoms with van der Waals surface area (Å²) < 4.78 is 1.81. The fraction of sp³-hybridized carbons (Fsp3) is 0.375. The number of aryl methyl sites for hydroxylation is 3. The van der Waals surface area contributed by atoms with Gasteiger partial charge in [0.25, 0.3) is 0 Å². The van der Waals surface area contributed by atoms with E-state index in [1.165, 1.54) is 0 Å². The zero-order valence-corrected chi connectivity index (χ0v) is 12.0. The van der Waals surface area contributed by atoms with Gasteiger partial charge in [-0.25, -0.2) is 0 Å². The lowest BCUT2D eigenvalue weighted by Gasteiger charge is -2.07. The number of aromatic nitrogens is 2. The summed E-state index contributed by atoms with van der Waals surface area (Å²) in [4.78, 5) is 12.4. The molecule has 0 saturated heterocycles. The summed E-state index contributed by atoms with van der Waals surface area (Å²) in [7, 11) is 1.89. The topological polar surface area (TPSA) is 34.9 Å². The molecule has 0 atom stereocenters. The van der Waals surface area contributed by atoms with E-state index >= 15 is 0 Å². The van der Waals surface area contributed by atoms with Crippen LogP contribution in [0.3, 0.4) is 0 Å². The molecular weight excluding hydrogens is 236 g/mol. The molecule has 0 fully saturated rings. The quantitative estimate of drug-likeness (QED) is 0.788. The Morgan fingerprint density at radius 2 is 2.05 bits per heavy atom. The number of nitrogens with zero attached hydrogens (tertiary/aromatic N) is 2. The van der Waals surface area contributed by atoms with Gasteiger partial charge in [0.15, 0.2) is 5.78 Å². The summed E-state index contributed by atoms with van der Waals surface area (Å²) in [5, 5.41) is 4.38. The van der Waals surface area contributed by atoms with E-state index in [2.05, 4.69) is 12.0 Å². The third-order valence-electron chi connectivity index (χ3n) is 3.64. The van der Waals surface area contributed by atoms with Gasteiger partial charge in [-0.3, -0.25) is 9.48 Å². The average molecular weight is 256 g/mol. The molecule has 3 heteroatoms. The first-order valence-corrected chi connectivity index (χ1v) is 6.64. The van der Waals surface area contributed by atoms with Crippen LogP contribution in [0.5, 0.6) is 0 Å². The molecule has 3 nitrogen and oxygen atoms in total. The van der Waals surface area contributed by atoms with E-state index in [4.69, 9.17) is 0 Å². The second-order valence-corrected chi connectivity index (χ2v) is 4.95. The van der Waals surface area contributed by atoms with Crippen molar-refractivity contribution >= 4 is 5.78 Å². The Labute approximate surface area is 114 Å². The maximum absolute atomic E-state index is 12.4. The van der Waals surface area contributed by atoms with Crippen molar-refractivity contribution in [2.45, 2.75) is 33.6 Å². The minimum Gasteiger partial charge on any atom is -0.294 e. The van der Waals surface area contributed by atoms with Gasteiger partial charge in [-0.1, -0.05) is 25.1 Å². The van der Waals surface area contributed by atoms with Gasteiger partial charge >= 0.3 is 0 Å². The number of benzene rings is 1. The van der Waals surface area contributed by atoms with Crippen molar-refractivity contribution in [3.8, 4) is 0 Å². The van der Waals surface area contributed by atoms with Crippen molar-refractivity contribution < 1.29 is 4.79 Å². The van der Waals surface area contributed by atoms with Gasteiger partial charge < -0.3 is 0 Å². The summed E-state index contributed by atoms with van der Waals surface area (Å²) in [6.45, 7) is 6.10. The Kier molecular flexibility index (Phi) is 3.84. The number of Topliss-reactive ketones (excluding diaryl/α,β-unsaturated/α-hetero) is 1. The molecule has 0 radical (unpaired) electrons. The second-order valence-electron chi connectivity index (χ2n) is 4.95. The maximum Gasteiger partial charge on any atom is 0.169 e. The highest BCUT2D eigenvalue weighted by Crippen LogP contribution is 2.16. The van der Waals surface area contributed by atoms with Crippen LogP contribution in [-0.4, -0.2) is 15.6 Å². The van der Waals surface area contributed by atoms with Crippen molar-refractivity contribution in [2.24, 2.45) is 7.05 Å². The van der Waals surface area contributed by atoms with Crippen LogP contribution in [-0.2, 0) is 19.9 Å². The second kappa shape index (κ2) is 5.39. The molecular formula is C16H20N2O. The maximum atomic E-state index is 12.4. The number of hydrogen-bond donors (Lipinski definition) is 0. The normalized spacial score (nSPS) is 10.7. The van der Waals surface area contributed by atoms with Crippen LogP contribution in [0.4, 0.5) is 0 Å². The van der Waals surface area contributed by atoms with Gasteiger partial charge in [-0.05, 0) is 37.5 Å². The van der Waals surface area contributed by atoms with Crippen LogP contribution in [0.2, 0.25) is 0 Å². The molecule has 0 aliphatic heterocycles. The third-order valence-corrected chi connectivity index (χ3v) is 3.64. The summed E-state index contributed by atoms with van der Waals surface area (Å²) >= 11 is 0.